The Bertz CT molecular complexity index is 801. The molecule has 3 nitrogen and oxygen atoms in total. The smallest absolute Gasteiger partial charge is 0.182 e. The molecule has 0 saturated carbocycles. The fourth-order valence-corrected chi connectivity index (χ4v) is 3.51. The summed E-state index contributed by atoms with van der Waals surface area (Å²) in [5.74, 6) is 0.411. The molecule has 0 bridgehead atoms. The van der Waals surface area contributed by atoms with Gasteiger partial charge in [-0.1, -0.05) is 41.7 Å². The van der Waals surface area contributed by atoms with Gasteiger partial charge in [-0.15, -0.1) is 11.3 Å². The van der Waals surface area contributed by atoms with Crippen LogP contribution in [0.1, 0.15) is 11.8 Å². The summed E-state index contributed by atoms with van der Waals surface area (Å²) in [5.41, 5.74) is 0.478. The van der Waals surface area contributed by atoms with Crippen LogP contribution in [-0.4, -0.2) is 15.0 Å². The molecule has 3 rings (SSSR count). The summed E-state index contributed by atoms with van der Waals surface area (Å²) in [4.78, 5) is 15.0. The second-order valence-electron chi connectivity index (χ2n) is 4.11. The molecule has 7 heteroatoms. The van der Waals surface area contributed by atoms with Crippen LogP contribution < -0.4 is 0 Å². The lowest BCUT2D eigenvalue weighted by molar-refractivity contribution is 1.18. The number of rotatable bonds is 2. The van der Waals surface area contributed by atoms with Crippen molar-refractivity contribution >= 4 is 56.4 Å². The van der Waals surface area contributed by atoms with E-state index in [4.69, 9.17) is 34.8 Å². The average Bonchev–Trinajstić information content (AvgIpc) is 2.82. The lowest BCUT2D eigenvalue weighted by Gasteiger charge is -2.03. The fourth-order valence-electron chi connectivity index (χ4n) is 1.80. The predicted molar refractivity (Wildman–Crippen MR) is 85.1 cm³/mol. The summed E-state index contributed by atoms with van der Waals surface area (Å²) in [6.07, 6.45) is 2.45. The third-order valence-corrected chi connectivity index (χ3v) is 4.72. The zero-order valence-corrected chi connectivity index (χ0v) is 13.4. The van der Waals surface area contributed by atoms with Gasteiger partial charge in [-0.25, -0.2) is 15.0 Å². The molecule has 0 atom stereocenters. The van der Waals surface area contributed by atoms with E-state index in [1.54, 1.807) is 17.4 Å². The standard InChI is InChI=1S/C13H8Cl3N3S/c1-2-7-4-8-11(16)18-12(19-13(8)20-7)10-9(15)3-6(14)5-17-10/h3-5H,2H2,1H3. The predicted octanol–water partition coefficient (Wildman–Crippen LogP) is 5.28. The molecule has 3 heterocycles. The van der Waals surface area contributed by atoms with Crippen LogP contribution in [0.2, 0.25) is 15.2 Å². The zero-order valence-electron chi connectivity index (χ0n) is 10.3. The van der Waals surface area contributed by atoms with Crippen molar-refractivity contribution in [1.82, 2.24) is 15.0 Å². The number of fused-ring (bicyclic) bond motifs is 1. The maximum Gasteiger partial charge on any atom is 0.182 e. The number of hydrogen-bond acceptors (Lipinski definition) is 4. The number of aromatic nitrogens is 3. The van der Waals surface area contributed by atoms with Crippen LogP contribution >= 0.6 is 46.1 Å². The Balaban J connectivity index is 2.21. The Morgan fingerprint density at radius 1 is 1.15 bits per heavy atom. The summed E-state index contributed by atoms with van der Waals surface area (Å²) < 4.78 is 0. The van der Waals surface area contributed by atoms with Crippen LogP contribution in [0.3, 0.4) is 0 Å². The molecule has 0 amide bonds. The summed E-state index contributed by atoms with van der Waals surface area (Å²) in [7, 11) is 0. The van der Waals surface area contributed by atoms with Crippen LogP contribution in [0.5, 0.6) is 0 Å². The van der Waals surface area contributed by atoms with Crippen LogP contribution in [-0.2, 0) is 6.42 Å². The quantitative estimate of drug-likeness (QED) is 0.594. The number of pyridine rings is 1. The Kier molecular flexibility index (Phi) is 3.82. The van der Waals surface area contributed by atoms with Crippen LogP contribution in [0.25, 0.3) is 21.7 Å². The van der Waals surface area contributed by atoms with E-state index in [-0.39, 0.29) is 0 Å². The summed E-state index contributed by atoms with van der Waals surface area (Å²) in [6.45, 7) is 2.09. The monoisotopic (exact) mass is 343 g/mol. The molecule has 3 aromatic rings. The van der Waals surface area contributed by atoms with Gasteiger partial charge in [0.2, 0.25) is 0 Å². The summed E-state index contributed by atoms with van der Waals surface area (Å²) >= 11 is 19.8. The van der Waals surface area contributed by atoms with Crippen LogP contribution in [0, 0.1) is 0 Å². The molecule has 0 unspecified atom stereocenters. The van der Waals surface area contributed by atoms with Gasteiger partial charge in [0, 0.05) is 16.5 Å². The highest BCUT2D eigenvalue weighted by Gasteiger charge is 2.14. The second kappa shape index (κ2) is 5.45. The van der Waals surface area contributed by atoms with Gasteiger partial charge in [-0.05, 0) is 18.6 Å². The lowest BCUT2D eigenvalue weighted by atomic mass is 10.3. The van der Waals surface area contributed by atoms with Gasteiger partial charge < -0.3 is 0 Å². The molecule has 3 aromatic heterocycles. The normalized spacial score (nSPS) is 11.2. The van der Waals surface area contributed by atoms with Crippen LogP contribution in [0.15, 0.2) is 18.3 Å². The van der Waals surface area contributed by atoms with Crippen molar-refractivity contribution in [1.29, 1.82) is 0 Å². The molecular weight excluding hydrogens is 337 g/mol. The van der Waals surface area contributed by atoms with Crippen molar-refractivity contribution in [2.75, 3.05) is 0 Å². The molecule has 102 valence electrons. The van der Waals surface area contributed by atoms with Gasteiger partial charge in [0.15, 0.2) is 5.82 Å². The van der Waals surface area contributed by atoms with Crippen molar-refractivity contribution in [3.05, 3.63) is 38.4 Å². The number of halogens is 3. The van der Waals surface area contributed by atoms with E-state index < -0.39 is 0 Å². The van der Waals surface area contributed by atoms with Gasteiger partial charge in [0.25, 0.3) is 0 Å². The van der Waals surface area contributed by atoms with Gasteiger partial charge in [0.05, 0.1) is 10.0 Å². The maximum atomic E-state index is 6.22. The Morgan fingerprint density at radius 3 is 2.65 bits per heavy atom. The Hall–Kier alpha value is -0.940. The number of hydrogen-bond donors (Lipinski definition) is 0. The SMILES string of the molecule is CCc1cc2c(Cl)nc(-c3ncc(Cl)cc3Cl)nc2s1. The van der Waals surface area contributed by atoms with Gasteiger partial charge in [0.1, 0.15) is 15.7 Å². The van der Waals surface area contributed by atoms with E-state index in [9.17, 15) is 0 Å². The minimum absolute atomic E-state index is 0.403. The Morgan fingerprint density at radius 2 is 1.95 bits per heavy atom. The molecule has 0 saturated heterocycles. The highest BCUT2D eigenvalue weighted by Crippen LogP contribution is 2.33. The van der Waals surface area contributed by atoms with Crippen molar-refractivity contribution in [3.63, 3.8) is 0 Å². The molecule has 0 aliphatic rings. The number of thiophene rings is 1. The minimum Gasteiger partial charge on any atom is -0.250 e. The van der Waals surface area contributed by atoms with Crippen LogP contribution in [0.4, 0.5) is 0 Å². The molecule has 0 spiro atoms. The first kappa shape index (κ1) is 14.0. The molecule has 20 heavy (non-hydrogen) atoms. The average molecular weight is 345 g/mol. The summed E-state index contributed by atoms with van der Waals surface area (Å²) in [5, 5.41) is 2.15. The molecule has 0 radical (unpaired) electrons. The third kappa shape index (κ3) is 2.49. The second-order valence-corrected chi connectivity index (χ2v) is 6.42. The van der Waals surface area contributed by atoms with Gasteiger partial charge in [-0.2, -0.15) is 0 Å². The first-order valence-corrected chi connectivity index (χ1v) is 7.81. The number of nitrogens with zero attached hydrogens (tertiary/aromatic N) is 3. The molecule has 0 aliphatic heterocycles. The molecule has 0 aliphatic carbocycles. The maximum absolute atomic E-state index is 6.22. The van der Waals surface area contributed by atoms with E-state index in [1.807, 2.05) is 6.07 Å². The first-order chi connectivity index (χ1) is 9.58. The van der Waals surface area contributed by atoms with E-state index in [2.05, 4.69) is 21.9 Å². The molecule has 0 aromatic carbocycles. The topological polar surface area (TPSA) is 38.7 Å². The Labute approximate surface area is 134 Å². The highest BCUT2D eigenvalue weighted by atomic mass is 35.5. The first-order valence-electron chi connectivity index (χ1n) is 5.86. The molecule has 0 N–H and O–H groups in total. The van der Waals surface area contributed by atoms with Crippen molar-refractivity contribution in [3.8, 4) is 11.5 Å². The van der Waals surface area contributed by atoms with E-state index in [0.29, 0.717) is 26.7 Å². The molecular formula is C13H8Cl3N3S. The van der Waals surface area contributed by atoms with E-state index >= 15 is 0 Å². The lowest BCUT2D eigenvalue weighted by Crippen LogP contribution is -1.93. The van der Waals surface area contributed by atoms with E-state index in [1.165, 1.54) is 11.1 Å². The van der Waals surface area contributed by atoms with Gasteiger partial charge >= 0.3 is 0 Å². The minimum atomic E-state index is 0.403. The van der Waals surface area contributed by atoms with Crippen molar-refractivity contribution in [2.24, 2.45) is 0 Å². The van der Waals surface area contributed by atoms with Gasteiger partial charge in [-0.3, -0.25) is 0 Å². The van der Waals surface area contributed by atoms with Crippen molar-refractivity contribution in [2.45, 2.75) is 13.3 Å². The molecule has 0 fully saturated rings. The zero-order chi connectivity index (χ0) is 14.3. The summed E-state index contributed by atoms with van der Waals surface area (Å²) in [6, 6.07) is 3.63. The van der Waals surface area contributed by atoms with E-state index in [0.717, 1.165) is 16.6 Å². The fraction of sp³-hybridized carbons (Fsp3) is 0.154. The third-order valence-electron chi connectivity index (χ3n) is 2.77. The largest absolute Gasteiger partial charge is 0.250 e. The number of aryl methyl sites for hydroxylation is 1. The highest BCUT2D eigenvalue weighted by molar-refractivity contribution is 7.18. The van der Waals surface area contributed by atoms with Crippen molar-refractivity contribution < 1.29 is 0 Å².